The second-order valence-electron chi connectivity index (χ2n) is 4.26. The van der Waals surface area contributed by atoms with Crippen LogP contribution in [-0.4, -0.2) is 4.98 Å². The number of rotatable bonds is 1. The molecule has 112 valence electrons. The maximum atomic E-state index is 12.6. The van der Waals surface area contributed by atoms with Gasteiger partial charge in [-0.1, -0.05) is 0 Å². The predicted octanol–water partition coefficient (Wildman–Crippen LogP) is 4.37. The third-order valence-corrected chi connectivity index (χ3v) is 2.76. The van der Waals surface area contributed by atoms with Crippen molar-refractivity contribution in [3.05, 3.63) is 47.8 Å². The fourth-order valence-corrected chi connectivity index (χ4v) is 1.72. The summed E-state index contributed by atoms with van der Waals surface area (Å²) >= 11 is 0. The van der Waals surface area contributed by atoms with Crippen molar-refractivity contribution in [2.45, 2.75) is 12.4 Å². The van der Waals surface area contributed by atoms with Gasteiger partial charge in [-0.15, -0.1) is 0 Å². The van der Waals surface area contributed by atoms with Crippen LogP contribution in [0.25, 0.3) is 11.1 Å². The molecule has 0 saturated heterocycles. The minimum absolute atomic E-state index is 0.0656. The molecule has 0 amide bonds. The number of pyridine rings is 1. The Morgan fingerprint density at radius 1 is 0.810 bits per heavy atom. The highest BCUT2D eigenvalue weighted by molar-refractivity contribution is 5.76. The molecule has 0 radical (unpaired) electrons. The third kappa shape index (κ3) is 3.26. The van der Waals surface area contributed by atoms with Crippen molar-refractivity contribution in [1.82, 2.24) is 4.98 Å². The predicted molar refractivity (Wildman–Crippen MR) is 64.1 cm³/mol. The maximum absolute atomic E-state index is 12.6. The Morgan fingerprint density at radius 3 is 2.00 bits per heavy atom. The fraction of sp³-hybridized carbons (Fsp3) is 0.154. The van der Waals surface area contributed by atoms with Gasteiger partial charge in [-0.05, 0) is 24.3 Å². The number of hydrogen-bond donors (Lipinski definition) is 1. The highest BCUT2D eigenvalue weighted by atomic mass is 19.4. The summed E-state index contributed by atoms with van der Waals surface area (Å²) in [7, 11) is 0. The number of nitrogens with two attached hydrogens (primary N) is 1. The number of benzene rings is 1. The lowest BCUT2D eigenvalue weighted by molar-refractivity contribution is -0.138. The van der Waals surface area contributed by atoms with Crippen molar-refractivity contribution < 1.29 is 26.3 Å². The van der Waals surface area contributed by atoms with Crippen LogP contribution in [0.5, 0.6) is 0 Å². The lowest BCUT2D eigenvalue weighted by Crippen LogP contribution is -2.07. The molecule has 0 unspecified atom stereocenters. The van der Waals surface area contributed by atoms with Crippen LogP contribution in [0.4, 0.5) is 32.0 Å². The lowest BCUT2D eigenvalue weighted by atomic mass is 10.0. The van der Waals surface area contributed by atoms with Gasteiger partial charge in [-0.3, -0.25) is 4.98 Å². The minimum atomic E-state index is -4.64. The van der Waals surface area contributed by atoms with E-state index in [0.717, 1.165) is 18.3 Å². The summed E-state index contributed by atoms with van der Waals surface area (Å²) in [5.74, 6) is 0. The van der Waals surface area contributed by atoms with E-state index in [1.54, 1.807) is 0 Å². The smallest absolute Gasteiger partial charge is 0.398 e. The molecule has 0 bridgehead atoms. The Bertz CT molecular complexity index is 660. The van der Waals surface area contributed by atoms with E-state index in [1.807, 2.05) is 0 Å². The maximum Gasteiger partial charge on any atom is 0.417 e. The quantitative estimate of drug-likeness (QED) is 0.627. The molecule has 0 aliphatic heterocycles. The molecule has 8 heteroatoms. The van der Waals surface area contributed by atoms with Gasteiger partial charge in [0, 0.05) is 29.2 Å². The van der Waals surface area contributed by atoms with Gasteiger partial charge in [0.25, 0.3) is 0 Å². The third-order valence-electron chi connectivity index (χ3n) is 2.76. The second-order valence-corrected chi connectivity index (χ2v) is 4.26. The molecule has 0 saturated carbocycles. The number of hydrogen-bond acceptors (Lipinski definition) is 2. The zero-order valence-electron chi connectivity index (χ0n) is 10.3. The Labute approximate surface area is 115 Å². The van der Waals surface area contributed by atoms with Crippen LogP contribution < -0.4 is 5.73 Å². The molecule has 1 aromatic heterocycles. The van der Waals surface area contributed by atoms with E-state index >= 15 is 0 Å². The van der Waals surface area contributed by atoms with E-state index in [4.69, 9.17) is 5.73 Å². The molecule has 0 atom stereocenters. The van der Waals surface area contributed by atoms with Gasteiger partial charge in [-0.25, -0.2) is 0 Å². The average Bonchev–Trinajstić information content (AvgIpc) is 2.37. The van der Waals surface area contributed by atoms with Crippen molar-refractivity contribution in [3.63, 3.8) is 0 Å². The van der Waals surface area contributed by atoms with Crippen LogP contribution in [0, 0.1) is 0 Å². The van der Waals surface area contributed by atoms with Gasteiger partial charge >= 0.3 is 12.4 Å². The summed E-state index contributed by atoms with van der Waals surface area (Å²) in [5, 5.41) is 0. The number of aromatic nitrogens is 1. The van der Waals surface area contributed by atoms with E-state index in [2.05, 4.69) is 4.98 Å². The molecule has 0 fully saturated rings. The molecule has 2 rings (SSSR count). The van der Waals surface area contributed by atoms with Crippen LogP contribution in [0.15, 0.2) is 36.7 Å². The monoisotopic (exact) mass is 306 g/mol. The molecule has 0 aliphatic rings. The van der Waals surface area contributed by atoms with E-state index in [0.29, 0.717) is 18.3 Å². The molecule has 2 aromatic rings. The number of halogens is 6. The standard InChI is InChI=1S/C13H8F6N2/c14-12(15,16)8-1-2-11(20)10(4-8)7-3-9(6-21-5-7)13(17,18)19/h1-6H,20H2. The largest absolute Gasteiger partial charge is 0.417 e. The first-order valence-electron chi connectivity index (χ1n) is 5.58. The summed E-state index contributed by atoms with van der Waals surface area (Å²) < 4.78 is 75.7. The summed E-state index contributed by atoms with van der Waals surface area (Å²) in [4.78, 5) is 3.40. The first kappa shape index (κ1) is 15.1. The van der Waals surface area contributed by atoms with Crippen molar-refractivity contribution in [2.24, 2.45) is 0 Å². The van der Waals surface area contributed by atoms with Crippen molar-refractivity contribution in [3.8, 4) is 11.1 Å². The van der Waals surface area contributed by atoms with E-state index in [-0.39, 0.29) is 16.8 Å². The van der Waals surface area contributed by atoms with E-state index in [9.17, 15) is 26.3 Å². The first-order chi connectivity index (χ1) is 9.59. The molecule has 21 heavy (non-hydrogen) atoms. The second kappa shape index (κ2) is 4.94. The van der Waals surface area contributed by atoms with Gasteiger partial charge in [0.1, 0.15) is 0 Å². The molecule has 1 aromatic carbocycles. The molecule has 0 spiro atoms. The van der Waals surface area contributed by atoms with Crippen LogP contribution in [-0.2, 0) is 12.4 Å². The summed E-state index contributed by atoms with van der Waals surface area (Å²) in [6.07, 6.45) is -7.63. The van der Waals surface area contributed by atoms with Gasteiger partial charge in [0.2, 0.25) is 0 Å². The Balaban J connectivity index is 2.57. The number of nitrogen functional groups attached to an aromatic ring is 1. The van der Waals surface area contributed by atoms with Gasteiger partial charge in [-0.2, -0.15) is 26.3 Å². The number of alkyl halides is 6. The molecule has 1 heterocycles. The highest BCUT2D eigenvalue weighted by Crippen LogP contribution is 2.36. The van der Waals surface area contributed by atoms with Crippen LogP contribution >= 0.6 is 0 Å². The SMILES string of the molecule is Nc1ccc(C(F)(F)F)cc1-c1cncc(C(F)(F)F)c1. The fourth-order valence-electron chi connectivity index (χ4n) is 1.72. The van der Waals surface area contributed by atoms with Crippen molar-refractivity contribution >= 4 is 5.69 Å². The van der Waals surface area contributed by atoms with Crippen LogP contribution in [0.3, 0.4) is 0 Å². The zero-order valence-corrected chi connectivity index (χ0v) is 10.3. The van der Waals surface area contributed by atoms with Crippen LogP contribution in [0.2, 0.25) is 0 Å². The summed E-state index contributed by atoms with van der Waals surface area (Å²) in [5.41, 5.74) is 3.15. The van der Waals surface area contributed by atoms with Crippen molar-refractivity contribution in [2.75, 3.05) is 5.73 Å². The minimum Gasteiger partial charge on any atom is -0.398 e. The van der Waals surface area contributed by atoms with E-state index < -0.39 is 23.5 Å². The topological polar surface area (TPSA) is 38.9 Å². The molecular formula is C13H8F6N2. The zero-order chi connectivity index (χ0) is 15.8. The molecule has 2 N–H and O–H groups in total. The first-order valence-corrected chi connectivity index (χ1v) is 5.58. The summed E-state index contributed by atoms with van der Waals surface area (Å²) in [6, 6.07) is 3.17. The highest BCUT2D eigenvalue weighted by Gasteiger charge is 2.33. The lowest BCUT2D eigenvalue weighted by Gasteiger charge is -2.12. The summed E-state index contributed by atoms with van der Waals surface area (Å²) in [6.45, 7) is 0. The van der Waals surface area contributed by atoms with Crippen LogP contribution in [0.1, 0.15) is 11.1 Å². The average molecular weight is 306 g/mol. The molecule has 0 aliphatic carbocycles. The van der Waals surface area contributed by atoms with Gasteiger partial charge < -0.3 is 5.73 Å². The van der Waals surface area contributed by atoms with Gasteiger partial charge in [0.05, 0.1) is 11.1 Å². The van der Waals surface area contributed by atoms with Gasteiger partial charge in [0.15, 0.2) is 0 Å². The Kier molecular flexibility index (Phi) is 3.56. The van der Waals surface area contributed by atoms with Crippen molar-refractivity contribution in [1.29, 1.82) is 0 Å². The number of nitrogens with zero attached hydrogens (tertiary/aromatic N) is 1. The van der Waals surface area contributed by atoms with E-state index in [1.165, 1.54) is 0 Å². The Hall–Kier alpha value is -2.25. The molecule has 2 nitrogen and oxygen atoms in total. The normalized spacial score (nSPS) is 12.5. The number of anilines is 1. The molecular weight excluding hydrogens is 298 g/mol. The Morgan fingerprint density at radius 2 is 1.43 bits per heavy atom.